The third-order valence-corrected chi connectivity index (χ3v) is 2.67. The Hall–Kier alpha value is -1.38. The Bertz CT molecular complexity index is 337. The van der Waals surface area contributed by atoms with Gasteiger partial charge in [0.2, 0.25) is 0 Å². The Balaban J connectivity index is 2.92. The van der Waals surface area contributed by atoms with E-state index in [2.05, 4.69) is 4.74 Å². The molecule has 0 unspecified atom stereocenters. The van der Waals surface area contributed by atoms with E-state index in [4.69, 9.17) is 0 Å². The molecule has 0 amide bonds. The van der Waals surface area contributed by atoms with E-state index in [9.17, 15) is 9.59 Å². The van der Waals surface area contributed by atoms with Gasteiger partial charge >= 0.3 is 5.97 Å². The van der Waals surface area contributed by atoms with Gasteiger partial charge in [-0.05, 0) is 25.8 Å². The van der Waals surface area contributed by atoms with E-state index in [1.807, 2.05) is 26.0 Å². The zero-order chi connectivity index (χ0) is 11.4. The Kier molecular flexibility index (Phi) is 3.83. The van der Waals surface area contributed by atoms with Crippen molar-refractivity contribution < 1.29 is 14.3 Å². The standard InChI is InChI=1S/C12H16O3/c1-4-5-6-9-8(2)7-10(13)11(9)12(14)15-3/h4-5,11H,6-7H2,1-3H3/b5-4+/t11-/m0/s1. The van der Waals surface area contributed by atoms with E-state index < -0.39 is 11.9 Å². The van der Waals surface area contributed by atoms with Gasteiger partial charge in [0.15, 0.2) is 5.78 Å². The molecule has 0 aliphatic heterocycles. The molecule has 0 N–H and O–H groups in total. The highest BCUT2D eigenvalue weighted by Gasteiger charge is 2.36. The minimum absolute atomic E-state index is 0.0427. The van der Waals surface area contributed by atoms with Gasteiger partial charge in [-0.1, -0.05) is 17.7 Å². The van der Waals surface area contributed by atoms with Crippen molar-refractivity contribution in [1.82, 2.24) is 0 Å². The molecule has 82 valence electrons. The normalized spacial score (nSPS) is 21.5. The van der Waals surface area contributed by atoms with Crippen LogP contribution >= 0.6 is 0 Å². The first-order valence-electron chi connectivity index (χ1n) is 5.02. The fraction of sp³-hybridized carbons (Fsp3) is 0.500. The Labute approximate surface area is 89.8 Å². The molecule has 1 atom stereocenters. The quantitative estimate of drug-likeness (QED) is 0.405. The van der Waals surface area contributed by atoms with Crippen LogP contribution < -0.4 is 0 Å². The van der Waals surface area contributed by atoms with Crippen LogP contribution in [0.1, 0.15) is 26.7 Å². The first-order chi connectivity index (χ1) is 7.11. The number of methoxy groups -OCH3 is 1. The predicted molar refractivity (Wildman–Crippen MR) is 57.3 cm³/mol. The number of hydrogen-bond donors (Lipinski definition) is 0. The lowest BCUT2D eigenvalue weighted by atomic mass is 9.97. The highest BCUT2D eigenvalue weighted by molar-refractivity contribution is 6.05. The number of carbonyl (C=O) groups is 2. The predicted octanol–water partition coefficient (Wildman–Crippen LogP) is 2.03. The van der Waals surface area contributed by atoms with Crippen LogP contribution in [0.15, 0.2) is 23.3 Å². The Morgan fingerprint density at radius 1 is 1.60 bits per heavy atom. The molecule has 0 bridgehead atoms. The van der Waals surface area contributed by atoms with Crippen LogP contribution in [0.4, 0.5) is 0 Å². The van der Waals surface area contributed by atoms with Crippen LogP contribution in [-0.2, 0) is 14.3 Å². The molecule has 3 nitrogen and oxygen atoms in total. The summed E-state index contributed by atoms with van der Waals surface area (Å²) in [4.78, 5) is 23.0. The molecule has 1 aliphatic rings. The first-order valence-corrected chi connectivity index (χ1v) is 5.02. The monoisotopic (exact) mass is 208 g/mol. The van der Waals surface area contributed by atoms with Gasteiger partial charge in [-0.2, -0.15) is 0 Å². The molecule has 0 aromatic heterocycles. The minimum Gasteiger partial charge on any atom is -0.468 e. The zero-order valence-electron chi connectivity index (χ0n) is 9.37. The lowest BCUT2D eigenvalue weighted by Crippen LogP contribution is -2.22. The number of rotatable bonds is 3. The Morgan fingerprint density at radius 3 is 2.80 bits per heavy atom. The SMILES string of the molecule is C/C=C/CC1=C(C)CC(=O)[C@H]1C(=O)OC. The maximum Gasteiger partial charge on any atom is 0.320 e. The van der Waals surface area contributed by atoms with E-state index in [0.717, 1.165) is 11.1 Å². The van der Waals surface area contributed by atoms with Crippen molar-refractivity contribution in [2.24, 2.45) is 5.92 Å². The van der Waals surface area contributed by atoms with E-state index in [0.29, 0.717) is 12.8 Å². The zero-order valence-corrected chi connectivity index (χ0v) is 9.37. The van der Waals surface area contributed by atoms with Gasteiger partial charge < -0.3 is 4.74 Å². The van der Waals surface area contributed by atoms with Crippen molar-refractivity contribution in [3.05, 3.63) is 23.3 Å². The van der Waals surface area contributed by atoms with Crippen molar-refractivity contribution >= 4 is 11.8 Å². The number of allylic oxidation sites excluding steroid dienone is 3. The topological polar surface area (TPSA) is 43.4 Å². The van der Waals surface area contributed by atoms with Crippen molar-refractivity contribution in [1.29, 1.82) is 0 Å². The van der Waals surface area contributed by atoms with Crippen LogP contribution in [0, 0.1) is 5.92 Å². The van der Waals surface area contributed by atoms with Crippen LogP contribution in [0.25, 0.3) is 0 Å². The summed E-state index contributed by atoms with van der Waals surface area (Å²) >= 11 is 0. The van der Waals surface area contributed by atoms with Crippen molar-refractivity contribution in [3.8, 4) is 0 Å². The van der Waals surface area contributed by atoms with Gasteiger partial charge in [-0.25, -0.2) is 0 Å². The van der Waals surface area contributed by atoms with E-state index in [1.54, 1.807) is 0 Å². The molecule has 0 saturated heterocycles. The molecule has 0 heterocycles. The number of carbonyl (C=O) groups excluding carboxylic acids is 2. The molecule has 0 saturated carbocycles. The summed E-state index contributed by atoms with van der Waals surface area (Å²) in [6, 6.07) is 0. The molecule has 0 aromatic carbocycles. The summed E-state index contributed by atoms with van der Waals surface area (Å²) in [7, 11) is 1.32. The summed E-state index contributed by atoms with van der Waals surface area (Å²) in [6.07, 6.45) is 4.91. The number of Topliss-reactive ketones (excluding diaryl/α,β-unsaturated/α-hetero) is 1. The summed E-state index contributed by atoms with van der Waals surface area (Å²) in [6.45, 7) is 3.82. The summed E-state index contributed by atoms with van der Waals surface area (Å²) in [5.41, 5.74) is 1.92. The molecular weight excluding hydrogens is 192 g/mol. The largest absolute Gasteiger partial charge is 0.468 e. The van der Waals surface area contributed by atoms with Gasteiger partial charge in [0.25, 0.3) is 0 Å². The molecule has 0 aromatic rings. The third-order valence-electron chi connectivity index (χ3n) is 2.67. The van der Waals surface area contributed by atoms with Crippen molar-refractivity contribution in [2.75, 3.05) is 7.11 Å². The van der Waals surface area contributed by atoms with Crippen LogP contribution in [0.3, 0.4) is 0 Å². The molecule has 0 fully saturated rings. The van der Waals surface area contributed by atoms with Crippen LogP contribution in [0.2, 0.25) is 0 Å². The second-order valence-electron chi connectivity index (χ2n) is 3.68. The number of hydrogen-bond acceptors (Lipinski definition) is 3. The highest BCUT2D eigenvalue weighted by Crippen LogP contribution is 2.32. The van der Waals surface area contributed by atoms with Gasteiger partial charge in [-0.15, -0.1) is 0 Å². The molecule has 0 spiro atoms. The van der Waals surface area contributed by atoms with E-state index in [-0.39, 0.29) is 5.78 Å². The average Bonchev–Trinajstić information content (AvgIpc) is 2.49. The van der Waals surface area contributed by atoms with Gasteiger partial charge in [0.1, 0.15) is 5.92 Å². The maximum atomic E-state index is 11.6. The summed E-state index contributed by atoms with van der Waals surface area (Å²) in [5, 5.41) is 0. The molecule has 1 rings (SSSR count). The lowest BCUT2D eigenvalue weighted by Gasteiger charge is -2.10. The van der Waals surface area contributed by atoms with Crippen molar-refractivity contribution in [3.63, 3.8) is 0 Å². The van der Waals surface area contributed by atoms with Crippen molar-refractivity contribution in [2.45, 2.75) is 26.7 Å². The van der Waals surface area contributed by atoms with Crippen LogP contribution in [-0.4, -0.2) is 18.9 Å². The fourth-order valence-electron chi connectivity index (χ4n) is 1.85. The summed E-state index contributed by atoms with van der Waals surface area (Å²) < 4.78 is 4.65. The number of ether oxygens (including phenoxy) is 1. The van der Waals surface area contributed by atoms with E-state index in [1.165, 1.54) is 7.11 Å². The summed E-state index contributed by atoms with van der Waals surface area (Å²) in [5.74, 6) is -1.14. The Morgan fingerprint density at radius 2 is 2.27 bits per heavy atom. The maximum absolute atomic E-state index is 11.6. The first kappa shape index (κ1) is 11.7. The van der Waals surface area contributed by atoms with Gasteiger partial charge in [0, 0.05) is 6.42 Å². The number of esters is 1. The fourth-order valence-corrected chi connectivity index (χ4v) is 1.85. The second kappa shape index (κ2) is 4.91. The van der Waals surface area contributed by atoms with Gasteiger partial charge in [-0.3, -0.25) is 9.59 Å². The number of ketones is 1. The average molecular weight is 208 g/mol. The second-order valence-corrected chi connectivity index (χ2v) is 3.68. The third kappa shape index (κ3) is 2.35. The minimum atomic E-state index is -0.661. The molecule has 3 heteroatoms. The highest BCUT2D eigenvalue weighted by atomic mass is 16.5. The molecule has 15 heavy (non-hydrogen) atoms. The van der Waals surface area contributed by atoms with Crippen LogP contribution in [0.5, 0.6) is 0 Å². The molecular formula is C12H16O3. The van der Waals surface area contributed by atoms with E-state index >= 15 is 0 Å². The lowest BCUT2D eigenvalue weighted by molar-refractivity contribution is -0.147. The van der Waals surface area contributed by atoms with Gasteiger partial charge in [0.05, 0.1) is 7.11 Å². The molecule has 0 radical (unpaired) electrons. The smallest absolute Gasteiger partial charge is 0.320 e. The molecule has 1 aliphatic carbocycles.